The largest absolute Gasteiger partial charge is 0.210 e. The van der Waals surface area contributed by atoms with Crippen LogP contribution < -0.4 is 0 Å². The summed E-state index contributed by atoms with van der Waals surface area (Å²) in [7, 11) is 0. The molecule has 0 amide bonds. The summed E-state index contributed by atoms with van der Waals surface area (Å²) in [5, 5.41) is 3.17. The van der Waals surface area contributed by atoms with Crippen LogP contribution in [0, 0.1) is 5.53 Å². The van der Waals surface area contributed by atoms with E-state index in [2.05, 4.69) is 5.11 Å². The molecule has 0 aromatic carbocycles. The molecule has 0 saturated heterocycles. The Hall–Kier alpha value is -0.660. The van der Waals surface area contributed by atoms with Crippen molar-refractivity contribution >= 4 is 0 Å². The van der Waals surface area contributed by atoms with E-state index in [4.69, 9.17) is 5.53 Å². The van der Waals surface area contributed by atoms with Crippen LogP contribution in [-0.4, -0.2) is 6.54 Å². The lowest BCUT2D eigenvalue weighted by Crippen LogP contribution is -1.69. The molecule has 0 aliphatic rings. The molecule has 0 saturated carbocycles. The molecule has 0 spiro atoms. The molecule has 0 unspecified atom stereocenters. The molecule has 0 fully saturated rings. The minimum Gasteiger partial charge on any atom is -0.210 e. The molecule has 0 aromatic heterocycles. The van der Waals surface area contributed by atoms with Crippen molar-refractivity contribution in [1.29, 1.82) is 5.53 Å². The van der Waals surface area contributed by atoms with Crippen LogP contribution in [0.1, 0.15) is 13.3 Å². The monoisotopic (exact) mass is 98.1 g/mol. The lowest BCUT2D eigenvalue weighted by molar-refractivity contribution is 0.886. The molecule has 40 valence electrons. The molecule has 0 aliphatic carbocycles. The summed E-state index contributed by atoms with van der Waals surface area (Å²) in [5.74, 6) is 0. The predicted octanol–water partition coefficient (Wildman–Crippen LogP) is 1.98. The molecule has 2 heteroatoms. The van der Waals surface area contributed by atoms with E-state index >= 15 is 0 Å². The summed E-state index contributed by atoms with van der Waals surface area (Å²) in [5.41, 5.74) is 6.37. The van der Waals surface area contributed by atoms with E-state index in [9.17, 15) is 0 Å². The van der Waals surface area contributed by atoms with Crippen LogP contribution in [-0.2, 0) is 0 Å². The second kappa shape index (κ2) is 5.34. The van der Waals surface area contributed by atoms with Gasteiger partial charge in [-0.2, -0.15) is 5.11 Å². The Labute approximate surface area is 43.7 Å². The van der Waals surface area contributed by atoms with Gasteiger partial charge in [-0.3, -0.25) is 0 Å². The van der Waals surface area contributed by atoms with Crippen molar-refractivity contribution in [2.45, 2.75) is 13.3 Å². The highest BCUT2D eigenvalue weighted by atomic mass is 14.9. The second-order valence-corrected chi connectivity index (χ2v) is 1.24. The fourth-order valence-corrected chi connectivity index (χ4v) is 0.306. The molecule has 7 heavy (non-hydrogen) atoms. The standard InChI is InChI=1S/C5H10N2/c1-2-3-4-5-7-6/h2-3,6H,4-5H2,1H3/b3-2-,7-6?. The first kappa shape index (κ1) is 6.34. The molecule has 0 rings (SSSR count). The Morgan fingerprint density at radius 2 is 2.43 bits per heavy atom. The minimum absolute atomic E-state index is 0.629. The molecule has 0 radical (unpaired) electrons. The van der Waals surface area contributed by atoms with E-state index in [1.807, 2.05) is 19.1 Å². The van der Waals surface area contributed by atoms with Gasteiger partial charge in [0.05, 0.1) is 6.54 Å². The number of rotatable bonds is 3. The molecule has 0 atom stereocenters. The van der Waals surface area contributed by atoms with Gasteiger partial charge < -0.3 is 0 Å². The predicted molar refractivity (Wildman–Crippen MR) is 29.4 cm³/mol. The first-order valence-corrected chi connectivity index (χ1v) is 2.36. The fraction of sp³-hybridized carbons (Fsp3) is 0.600. The van der Waals surface area contributed by atoms with E-state index in [-0.39, 0.29) is 0 Å². The van der Waals surface area contributed by atoms with E-state index in [0.29, 0.717) is 6.54 Å². The Morgan fingerprint density at radius 1 is 1.71 bits per heavy atom. The third kappa shape index (κ3) is 5.34. The van der Waals surface area contributed by atoms with Crippen molar-refractivity contribution in [3.8, 4) is 0 Å². The summed E-state index contributed by atoms with van der Waals surface area (Å²) < 4.78 is 0. The molecule has 0 heterocycles. The van der Waals surface area contributed by atoms with Crippen LogP contribution in [0.25, 0.3) is 0 Å². The van der Waals surface area contributed by atoms with Gasteiger partial charge in [0.15, 0.2) is 0 Å². The quantitative estimate of drug-likeness (QED) is 0.318. The van der Waals surface area contributed by atoms with Gasteiger partial charge >= 0.3 is 0 Å². The van der Waals surface area contributed by atoms with Crippen LogP contribution in [0.2, 0.25) is 0 Å². The summed E-state index contributed by atoms with van der Waals surface area (Å²) in [6.45, 7) is 2.59. The van der Waals surface area contributed by atoms with Gasteiger partial charge in [-0.15, -0.1) is 0 Å². The first-order valence-electron chi connectivity index (χ1n) is 2.36. The maximum Gasteiger partial charge on any atom is 0.0630 e. The van der Waals surface area contributed by atoms with E-state index in [0.717, 1.165) is 6.42 Å². The van der Waals surface area contributed by atoms with Gasteiger partial charge in [-0.25, -0.2) is 5.53 Å². The zero-order valence-electron chi connectivity index (χ0n) is 4.52. The van der Waals surface area contributed by atoms with Crippen LogP contribution >= 0.6 is 0 Å². The fourth-order valence-electron chi connectivity index (χ4n) is 0.306. The third-order valence-electron chi connectivity index (χ3n) is 0.643. The van der Waals surface area contributed by atoms with E-state index in [1.54, 1.807) is 0 Å². The highest BCUT2D eigenvalue weighted by molar-refractivity contribution is 4.76. The van der Waals surface area contributed by atoms with Gasteiger partial charge in [0.1, 0.15) is 0 Å². The molecule has 2 nitrogen and oxygen atoms in total. The normalized spacial score (nSPS) is 9.86. The van der Waals surface area contributed by atoms with Crippen molar-refractivity contribution in [3.05, 3.63) is 12.2 Å². The minimum atomic E-state index is 0.629. The van der Waals surface area contributed by atoms with Gasteiger partial charge in [0, 0.05) is 0 Å². The Bertz CT molecular complexity index is 66.5. The van der Waals surface area contributed by atoms with Crippen molar-refractivity contribution in [2.75, 3.05) is 6.54 Å². The highest BCUT2D eigenvalue weighted by Crippen LogP contribution is 1.80. The van der Waals surface area contributed by atoms with E-state index < -0.39 is 0 Å². The van der Waals surface area contributed by atoms with Crippen molar-refractivity contribution in [3.63, 3.8) is 0 Å². The van der Waals surface area contributed by atoms with Crippen LogP contribution in [0.4, 0.5) is 0 Å². The van der Waals surface area contributed by atoms with Gasteiger partial charge in [0.2, 0.25) is 0 Å². The van der Waals surface area contributed by atoms with Crippen LogP contribution in [0.3, 0.4) is 0 Å². The molecule has 0 aromatic rings. The maximum atomic E-state index is 6.37. The smallest absolute Gasteiger partial charge is 0.0630 e. The second-order valence-electron chi connectivity index (χ2n) is 1.24. The highest BCUT2D eigenvalue weighted by Gasteiger charge is 1.70. The topological polar surface area (TPSA) is 36.2 Å². The van der Waals surface area contributed by atoms with Crippen LogP contribution in [0.5, 0.6) is 0 Å². The van der Waals surface area contributed by atoms with E-state index in [1.165, 1.54) is 0 Å². The number of allylic oxidation sites excluding steroid dienone is 1. The third-order valence-corrected chi connectivity index (χ3v) is 0.643. The number of hydrogen-bond donors (Lipinski definition) is 1. The van der Waals surface area contributed by atoms with Gasteiger partial charge in [-0.05, 0) is 13.3 Å². The molecule has 1 N–H and O–H groups in total. The molecular weight excluding hydrogens is 88.1 g/mol. The maximum absolute atomic E-state index is 6.37. The van der Waals surface area contributed by atoms with Crippen molar-refractivity contribution in [2.24, 2.45) is 5.11 Å². The van der Waals surface area contributed by atoms with Crippen LogP contribution in [0.15, 0.2) is 17.3 Å². The van der Waals surface area contributed by atoms with Crippen molar-refractivity contribution in [1.82, 2.24) is 0 Å². The molecular formula is C5H10N2. The Kier molecular flexibility index (Phi) is 4.84. The Balaban J connectivity index is 2.82. The van der Waals surface area contributed by atoms with Gasteiger partial charge in [-0.1, -0.05) is 12.2 Å². The lowest BCUT2D eigenvalue weighted by Gasteiger charge is -1.78. The van der Waals surface area contributed by atoms with Crippen molar-refractivity contribution < 1.29 is 0 Å². The zero-order chi connectivity index (χ0) is 5.54. The summed E-state index contributed by atoms with van der Waals surface area (Å²) in [6.07, 6.45) is 4.86. The van der Waals surface area contributed by atoms with Gasteiger partial charge in [0.25, 0.3) is 0 Å². The lowest BCUT2D eigenvalue weighted by atomic mass is 10.4. The number of nitrogens with zero attached hydrogens (tertiary/aromatic N) is 1. The zero-order valence-corrected chi connectivity index (χ0v) is 4.52. The molecule has 0 bridgehead atoms. The Morgan fingerprint density at radius 3 is 2.86 bits per heavy atom. The molecule has 0 aliphatic heterocycles. The average molecular weight is 98.1 g/mol. The number of nitrogens with one attached hydrogen (secondary N) is 1. The summed E-state index contributed by atoms with van der Waals surface area (Å²) in [6, 6.07) is 0. The SMILES string of the molecule is C/C=C\CCN=N. The average Bonchev–Trinajstić information content (AvgIpc) is 1.69. The number of hydrogen-bond acceptors (Lipinski definition) is 2. The summed E-state index contributed by atoms with van der Waals surface area (Å²) >= 11 is 0. The summed E-state index contributed by atoms with van der Waals surface area (Å²) in [4.78, 5) is 0. The first-order chi connectivity index (χ1) is 3.41.